The van der Waals surface area contributed by atoms with Crippen molar-refractivity contribution in [2.45, 2.75) is 49.9 Å². The first kappa shape index (κ1) is 25.1. The fraction of sp³-hybridized carbons (Fsp3) is 0.300. The maximum absolute atomic E-state index is 13.5. The molecule has 1 atom stereocenters. The molecule has 0 bridgehead atoms. The minimum Gasteiger partial charge on any atom is -0.338 e. The molecule has 3 amide bonds. The number of rotatable bonds is 6. The van der Waals surface area contributed by atoms with Crippen molar-refractivity contribution in [3.05, 3.63) is 95.6 Å². The molecule has 0 aromatic heterocycles. The molecular formula is C30H31N3O3S. The Morgan fingerprint density at radius 2 is 1.65 bits per heavy atom. The third-order valence-electron chi connectivity index (χ3n) is 7.14. The Balaban J connectivity index is 1.38. The van der Waals surface area contributed by atoms with E-state index in [9.17, 15) is 14.4 Å². The molecule has 2 aliphatic rings. The number of nitrogens with zero attached hydrogens (tertiary/aromatic N) is 1. The van der Waals surface area contributed by atoms with Crippen LogP contribution in [0.4, 0.5) is 11.4 Å². The first-order chi connectivity index (χ1) is 17.9. The second-order valence-corrected chi connectivity index (χ2v) is 10.9. The van der Waals surface area contributed by atoms with Crippen molar-refractivity contribution in [2.24, 2.45) is 0 Å². The number of benzene rings is 3. The van der Waals surface area contributed by atoms with Crippen LogP contribution in [0, 0.1) is 6.92 Å². The summed E-state index contributed by atoms with van der Waals surface area (Å²) in [4.78, 5) is 41.6. The molecule has 2 fully saturated rings. The normalized spacial score (nSPS) is 18.9. The zero-order valence-electron chi connectivity index (χ0n) is 20.9. The highest BCUT2D eigenvalue weighted by Crippen LogP contribution is 2.42. The van der Waals surface area contributed by atoms with Crippen molar-refractivity contribution in [3.8, 4) is 0 Å². The summed E-state index contributed by atoms with van der Waals surface area (Å²) < 4.78 is 0. The van der Waals surface area contributed by atoms with Gasteiger partial charge >= 0.3 is 0 Å². The zero-order chi connectivity index (χ0) is 25.8. The van der Waals surface area contributed by atoms with Crippen LogP contribution >= 0.6 is 11.8 Å². The van der Waals surface area contributed by atoms with Crippen LogP contribution in [0.25, 0.3) is 0 Å². The van der Waals surface area contributed by atoms with E-state index in [2.05, 4.69) is 10.6 Å². The van der Waals surface area contributed by atoms with Crippen LogP contribution in [-0.2, 0) is 9.59 Å². The average Bonchev–Trinajstić information content (AvgIpc) is 3.32. The predicted molar refractivity (Wildman–Crippen MR) is 149 cm³/mol. The summed E-state index contributed by atoms with van der Waals surface area (Å²) in [5, 5.41) is 5.96. The van der Waals surface area contributed by atoms with Crippen molar-refractivity contribution >= 4 is 40.9 Å². The largest absolute Gasteiger partial charge is 0.338 e. The van der Waals surface area contributed by atoms with E-state index in [0.717, 1.165) is 30.4 Å². The average molecular weight is 514 g/mol. The lowest BCUT2D eigenvalue weighted by atomic mass is 9.80. The smallest absolute Gasteiger partial charge is 0.252 e. The van der Waals surface area contributed by atoms with E-state index < -0.39 is 5.54 Å². The number of nitrogens with one attached hydrogen (secondary N) is 2. The number of hydrogen-bond acceptors (Lipinski definition) is 4. The van der Waals surface area contributed by atoms with Crippen molar-refractivity contribution in [1.29, 1.82) is 0 Å². The van der Waals surface area contributed by atoms with Gasteiger partial charge in [-0.3, -0.25) is 19.3 Å². The van der Waals surface area contributed by atoms with Crippen molar-refractivity contribution in [3.63, 3.8) is 0 Å². The van der Waals surface area contributed by atoms with Gasteiger partial charge in [0.15, 0.2) is 0 Å². The van der Waals surface area contributed by atoms with Gasteiger partial charge in [0, 0.05) is 16.9 Å². The van der Waals surface area contributed by atoms with Crippen molar-refractivity contribution in [2.75, 3.05) is 16.0 Å². The Morgan fingerprint density at radius 1 is 0.919 bits per heavy atom. The monoisotopic (exact) mass is 513 g/mol. The number of amides is 3. The van der Waals surface area contributed by atoms with Gasteiger partial charge in [-0.2, -0.15) is 0 Å². The molecule has 0 radical (unpaired) electrons. The van der Waals surface area contributed by atoms with E-state index >= 15 is 0 Å². The van der Waals surface area contributed by atoms with E-state index in [-0.39, 0.29) is 23.1 Å². The Morgan fingerprint density at radius 3 is 2.38 bits per heavy atom. The standard InChI is InChI=1S/C30H31N3O3S/c1-21-13-15-24(16-14-21)31-29(36)30(17-6-3-7-18-30)32-27(35)23-11-8-12-25(19-23)33-26(34)20-37-28(33)22-9-4-2-5-10-22/h2,4-5,8-16,19,28H,3,6-7,17-18,20H2,1H3,(H,31,36)(H,32,35)/t28-/m0/s1. The Hall–Kier alpha value is -3.58. The van der Waals surface area contributed by atoms with Gasteiger partial charge in [0.2, 0.25) is 11.8 Å². The topological polar surface area (TPSA) is 78.5 Å². The fourth-order valence-electron chi connectivity index (χ4n) is 5.11. The second kappa shape index (κ2) is 10.8. The fourth-order valence-corrected chi connectivity index (χ4v) is 6.28. The van der Waals surface area contributed by atoms with Gasteiger partial charge in [0.05, 0.1) is 5.75 Å². The van der Waals surface area contributed by atoms with Crippen molar-refractivity contribution in [1.82, 2.24) is 5.32 Å². The van der Waals surface area contributed by atoms with Gasteiger partial charge in [-0.25, -0.2) is 0 Å². The number of aryl methyl sites for hydroxylation is 1. The molecule has 3 aromatic rings. The molecule has 1 aliphatic heterocycles. The molecule has 1 heterocycles. The molecule has 0 unspecified atom stereocenters. The number of thioether (sulfide) groups is 1. The summed E-state index contributed by atoms with van der Waals surface area (Å²) in [6.45, 7) is 2.00. The van der Waals surface area contributed by atoms with Crippen LogP contribution in [-0.4, -0.2) is 29.0 Å². The molecule has 5 rings (SSSR count). The van der Waals surface area contributed by atoms with E-state index in [0.29, 0.717) is 35.5 Å². The van der Waals surface area contributed by atoms with Gasteiger partial charge in [-0.05, 0) is 55.7 Å². The van der Waals surface area contributed by atoms with Crippen LogP contribution < -0.4 is 15.5 Å². The van der Waals surface area contributed by atoms with Crippen LogP contribution in [0.2, 0.25) is 0 Å². The van der Waals surface area contributed by atoms with Gasteiger partial charge in [0.1, 0.15) is 10.9 Å². The summed E-state index contributed by atoms with van der Waals surface area (Å²) >= 11 is 1.58. The first-order valence-corrected chi connectivity index (χ1v) is 13.8. The van der Waals surface area contributed by atoms with E-state index in [1.165, 1.54) is 0 Å². The van der Waals surface area contributed by atoms with E-state index in [1.807, 2.05) is 67.6 Å². The van der Waals surface area contributed by atoms with Gasteiger partial charge < -0.3 is 10.6 Å². The molecule has 3 aromatic carbocycles. The molecule has 0 spiro atoms. The van der Waals surface area contributed by atoms with Gasteiger partial charge in [-0.15, -0.1) is 11.8 Å². The quantitative estimate of drug-likeness (QED) is 0.434. The molecule has 2 N–H and O–H groups in total. The summed E-state index contributed by atoms with van der Waals surface area (Å²) in [5.74, 6) is -0.0926. The summed E-state index contributed by atoms with van der Waals surface area (Å²) in [6, 6.07) is 24.7. The Labute approximate surface area is 221 Å². The molecule has 6 nitrogen and oxygen atoms in total. The third-order valence-corrected chi connectivity index (χ3v) is 8.36. The maximum atomic E-state index is 13.5. The highest BCUT2D eigenvalue weighted by molar-refractivity contribution is 8.00. The Bertz CT molecular complexity index is 1290. The summed E-state index contributed by atoms with van der Waals surface area (Å²) in [5.41, 5.74) is 3.02. The molecule has 7 heteroatoms. The molecule has 1 saturated heterocycles. The molecule has 190 valence electrons. The zero-order valence-corrected chi connectivity index (χ0v) is 21.7. The summed E-state index contributed by atoms with van der Waals surface area (Å²) in [6.07, 6.45) is 3.97. The predicted octanol–water partition coefficient (Wildman–Crippen LogP) is 5.85. The number of anilines is 2. The highest BCUT2D eigenvalue weighted by Gasteiger charge is 2.41. The lowest BCUT2D eigenvalue weighted by Crippen LogP contribution is -2.57. The first-order valence-electron chi connectivity index (χ1n) is 12.7. The Kier molecular flexibility index (Phi) is 7.33. The lowest BCUT2D eigenvalue weighted by molar-refractivity contribution is -0.123. The van der Waals surface area contributed by atoms with E-state index in [1.54, 1.807) is 34.9 Å². The minimum absolute atomic E-state index is 0.0117. The molecule has 1 aliphatic carbocycles. The van der Waals surface area contributed by atoms with Crippen molar-refractivity contribution < 1.29 is 14.4 Å². The second-order valence-electron chi connectivity index (χ2n) is 9.81. The third kappa shape index (κ3) is 5.42. The molecular weight excluding hydrogens is 482 g/mol. The van der Waals surface area contributed by atoms with Crippen LogP contribution in [0.15, 0.2) is 78.9 Å². The lowest BCUT2D eigenvalue weighted by Gasteiger charge is -2.36. The SMILES string of the molecule is Cc1ccc(NC(=O)C2(NC(=O)c3cccc(N4C(=O)CS[C@H]4c4ccccc4)c3)CCCCC2)cc1. The maximum Gasteiger partial charge on any atom is 0.252 e. The van der Waals surface area contributed by atoms with E-state index in [4.69, 9.17) is 0 Å². The van der Waals surface area contributed by atoms with Crippen LogP contribution in [0.3, 0.4) is 0 Å². The van der Waals surface area contributed by atoms with Crippen LogP contribution in [0.1, 0.15) is 59.0 Å². The van der Waals surface area contributed by atoms with Gasteiger partial charge in [-0.1, -0.05) is 73.4 Å². The highest BCUT2D eigenvalue weighted by atomic mass is 32.2. The minimum atomic E-state index is -0.970. The van der Waals surface area contributed by atoms with Crippen LogP contribution in [0.5, 0.6) is 0 Å². The number of carbonyl (C=O) groups excluding carboxylic acids is 3. The molecule has 37 heavy (non-hydrogen) atoms. The number of carbonyl (C=O) groups is 3. The number of hydrogen-bond donors (Lipinski definition) is 2. The molecule has 1 saturated carbocycles. The van der Waals surface area contributed by atoms with Gasteiger partial charge in [0.25, 0.3) is 5.91 Å². The summed E-state index contributed by atoms with van der Waals surface area (Å²) in [7, 11) is 0.